The van der Waals surface area contributed by atoms with Gasteiger partial charge in [-0.15, -0.1) is 0 Å². The van der Waals surface area contributed by atoms with Gasteiger partial charge in [-0.2, -0.15) is 0 Å². The summed E-state index contributed by atoms with van der Waals surface area (Å²) in [6, 6.07) is 11.0. The quantitative estimate of drug-likeness (QED) is 0.668. The van der Waals surface area contributed by atoms with E-state index in [1.54, 1.807) is 49.4 Å². The van der Waals surface area contributed by atoms with E-state index in [1.807, 2.05) is 13.8 Å². The molecule has 1 unspecified atom stereocenters. The number of aryl methyl sites for hydroxylation is 1. The summed E-state index contributed by atoms with van der Waals surface area (Å²) >= 11 is 0. The zero-order valence-corrected chi connectivity index (χ0v) is 16.4. The van der Waals surface area contributed by atoms with Crippen molar-refractivity contribution in [3.8, 4) is 0 Å². The zero-order valence-electron chi connectivity index (χ0n) is 16.4. The number of nitrogens with one attached hydrogen (secondary N) is 1. The van der Waals surface area contributed by atoms with Gasteiger partial charge in [0.25, 0.3) is 11.8 Å². The highest BCUT2D eigenvalue weighted by molar-refractivity contribution is 6.23. The Balaban J connectivity index is 1.68. The summed E-state index contributed by atoms with van der Waals surface area (Å²) in [4.78, 5) is 44.3. The minimum absolute atomic E-state index is 0.0957. The van der Waals surface area contributed by atoms with E-state index in [0.29, 0.717) is 40.2 Å². The molecule has 1 aliphatic heterocycles. The van der Waals surface area contributed by atoms with Crippen molar-refractivity contribution >= 4 is 34.5 Å². The minimum Gasteiger partial charge on any atom is -0.439 e. The van der Waals surface area contributed by atoms with Crippen LogP contribution in [0.5, 0.6) is 0 Å². The molecule has 2 aromatic carbocycles. The molecular formula is C22H21N3O4. The predicted octanol–water partition coefficient (Wildman–Crippen LogP) is 3.79. The standard InChI is InChI=1S/C22H21N3O4/c1-12(2)11-18(25-21(27)14-7-4-5-8-15(14)22(25)28)20(26)24-17-10-6-9-16-19(17)29-13(3)23-16/h4-10,12,18H,11H2,1-3H3,(H,24,26). The number of nitrogens with zero attached hydrogens (tertiary/aromatic N) is 2. The van der Waals surface area contributed by atoms with Gasteiger partial charge in [-0.1, -0.05) is 32.0 Å². The van der Waals surface area contributed by atoms with Gasteiger partial charge in [0.05, 0.1) is 16.8 Å². The van der Waals surface area contributed by atoms with Gasteiger partial charge in [0, 0.05) is 6.92 Å². The Hall–Kier alpha value is -3.48. The number of rotatable bonds is 5. The molecule has 7 nitrogen and oxygen atoms in total. The summed E-state index contributed by atoms with van der Waals surface area (Å²) in [5.74, 6) is -0.742. The molecule has 3 amide bonds. The molecule has 0 bridgehead atoms. The number of imide groups is 1. The molecule has 0 spiro atoms. The van der Waals surface area contributed by atoms with Crippen molar-refractivity contribution < 1.29 is 18.8 Å². The van der Waals surface area contributed by atoms with E-state index in [4.69, 9.17) is 4.42 Å². The Kier molecular flexibility index (Phi) is 4.66. The third-order valence-corrected chi connectivity index (χ3v) is 4.91. The fourth-order valence-corrected chi connectivity index (χ4v) is 3.64. The van der Waals surface area contributed by atoms with Gasteiger partial charge < -0.3 is 9.73 Å². The van der Waals surface area contributed by atoms with Crippen LogP contribution in [0.4, 0.5) is 5.69 Å². The monoisotopic (exact) mass is 391 g/mol. The molecule has 29 heavy (non-hydrogen) atoms. The van der Waals surface area contributed by atoms with E-state index >= 15 is 0 Å². The first-order valence-electron chi connectivity index (χ1n) is 9.50. The van der Waals surface area contributed by atoms with E-state index in [1.165, 1.54) is 0 Å². The van der Waals surface area contributed by atoms with Crippen LogP contribution in [0.3, 0.4) is 0 Å². The van der Waals surface area contributed by atoms with Crippen LogP contribution in [0.15, 0.2) is 46.9 Å². The Morgan fingerprint density at radius 1 is 1.07 bits per heavy atom. The normalized spacial score (nSPS) is 14.6. The third kappa shape index (κ3) is 3.29. The van der Waals surface area contributed by atoms with Crippen molar-refractivity contribution in [2.24, 2.45) is 5.92 Å². The number of oxazole rings is 1. The average Bonchev–Trinajstić information content (AvgIpc) is 3.18. The largest absolute Gasteiger partial charge is 0.439 e. The van der Waals surface area contributed by atoms with E-state index in [2.05, 4.69) is 10.3 Å². The summed E-state index contributed by atoms with van der Waals surface area (Å²) in [7, 11) is 0. The van der Waals surface area contributed by atoms with Crippen LogP contribution in [0.1, 0.15) is 46.9 Å². The molecule has 1 N–H and O–H groups in total. The number of aromatic nitrogens is 1. The molecule has 4 rings (SSSR count). The van der Waals surface area contributed by atoms with Crippen molar-refractivity contribution in [1.82, 2.24) is 9.88 Å². The van der Waals surface area contributed by atoms with Crippen LogP contribution in [-0.4, -0.2) is 33.6 Å². The average molecular weight is 391 g/mol. The van der Waals surface area contributed by atoms with E-state index in [9.17, 15) is 14.4 Å². The molecule has 7 heteroatoms. The van der Waals surface area contributed by atoms with E-state index in [-0.39, 0.29) is 5.92 Å². The van der Waals surface area contributed by atoms with Gasteiger partial charge in [-0.05, 0) is 36.6 Å². The van der Waals surface area contributed by atoms with Crippen LogP contribution in [0, 0.1) is 12.8 Å². The van der Waals surface area contributed by atoms with Crippen molar-refractivity contribution in [1.29, 1.82) is 0 Å². The summed E-state index contributed by atoms with van der Waals surface area (Å²) < 4.78 is 5.61. The van der Waals surface area contributed by atoms with Crippen LogP contribution in [0.2, 0.25) is 0 Å². The molecular weight excluding hydrogens is 370 g/mol. The van der Waals surface area contributed by atoms with E-state index in [0.717, 1.165) is 4.90 Å². The Labute approximate surface area is 167 Å². The van der Waals surface area contributed by atoms with Gasteiger partial charge >= 0.3 is 0 Å². The SMILES string of the molecule is Cc1nc2cccc(NC(=O)C(CC(C)C)N3C(=O)c4ccccc4C3=O)c2o1. The number of anilines is 1. The number of para-hydroxylation sites is 1. The molecule has 1 aromatic heterocycles. The van der Waals surface area contributed by atoms with Gasteiger partial charge in [0.1, 0.15) is 11.6 Å². The number of carbonyl (C=O) groups excluding carboxylic acids is 3. The second-order valence-corrected chi connectivity index (χ2v) is 7.55. The maximum Gasteiger partial charge on any atom is 0.262 e. The van der Waals surface area contributed by atoms with Gasteiger partial charge in [0.15, 0.2) is 11.5 Å². The summed E-state index contributed by atoms with van der Waals surface area (Å²) in [6.45, 7) is 5.61. The minimum atomic E-state index is -0.929. The number of carbonyl (C=O) groups is 3. The molecule has 0 fully saturated rings. The van der Waals surface area contributed by atoms with Gasteiger partial charge in [-0.25, -0.2) is 4.98 Å². The van der Waals surface area contributed by atoms with Crippen molar-refractivity contribution in [2.75, 3.05) is 5.32 Å². The summed E-state index contributed by atoms with van der Waals surface area (Å²) in [5.41, 5.74) is 2.20. The highest BCUT2D eigenvalue weighted by Gasteiger charge is 2.42. The van der Waals surface area contributed by atoms with Crippen molar-refractivity contribution in [3.05, 3.63) is 59.5 Å². The van der Waals surface area contributed by atoms with Crippen LogP contribution >= 0.6 is 0 Å². The third-order valence-electron chi connectivity index (χ3n) is 4.91. The molecule has 0 aliphatic carbocycles. The molecule has 2 heterocycles. The molecule has 0 saturated heterocycles. The number of amides is 3. The van der Waals surface area contributed by atoms with Crippen LogP contribution in [-0.2, 0) is 4.79 Å². The molecule has 0 saturated carbocycles. The van der Waals surface area contributed by atoms with Crippen molar-refractivity contribution in [2.45, 2.75) is 33.2 Å². The fourth-order valence-electron chi connectivity index (χ4n) is 3.64. The Morgan fingerprint density at radius 3 is 2.34 bits per heavy atom. The van der Waals surface area contributed by atoms with Crippen LogP contribution < -0.4 is 5.32 Å². The lowest BCUT2D eigenvalue weighted by atomic mass is 10.0. The Bertz CT molecular complexity index is 1100. The first-order valence-corrected chi connectivity index (χ1v) is 9.50. The maximum absolute atomic E-state index is 13.2. The lowest BCUT2D eigenvalue weighted by molar-refractivity contribution is -0.120. The lowest BCUT2D eigenvalue weighted by Gasteiger charge is -2.26. The van der Waals surface area contributed by atoms with Crippen molar-refractivity contribution in [3.63, 3.8) is 0 Å². The first-order chi connectivity index (χ1) is 13.9. The van der Waals surface area contributed by atoms with E-state index < -0.39 is 23.8 Å². The number of benzene rings is 2. The summed E-state index contributed by atoms with van der Waals surface area (Å²) in [6.07, 6.45) is 0.350. The highest BCUT2D eigenvalue weighted by Crippen LogP contribution is 2.29. The molecule has 148 valence electrons. The maximum atomic E-state index is 13.2. The first kappa shape index (κ1) is 18.9. The second-order valence-electron chi connectivity index (χ2n) is 7.55. The zero-order chi connectivity index (χ0) is 20.7. The Morgan fingerprint density at radius 2 is 1.72 bits per heavy atom. The fraction of sp³-hybridized carbons (Fsp3) is 0.273. The lowest BCUT2D eigenvalue weighted by Crippen LogP contribution is -2.47. The smallest absolute Gasteiger partial charge is 0.262 e. The molecule has 3 aromatic rings. The number of hydrogen-bond acceptors (Lipinski definition) is 5. The second kappa shape index (κ2) is 7.16. The predicted molar refractivity (Wildman–Crippen MR) is 108 cm³/mol. The number of hydrogen-bond donors (Lipinski definition) is 1. The van der Waals surface area contributed by atoms with Crippen LogP contribution in [0.25, 0.3) is 11.1 Å². The molecule has 1 aliphatic rings. The summed E-state index contributed by atoms with van der Waals surface area (Å²) in [5, 5.41) is 2.83. The van der Waals surface area contributed by atoms with Gasteiger partial charge in [0.2, 0.25) is 5.91 Å². The topological polar surface area (TPSA) is 92.5 Å². The van der Waals surface area contributed by atoms with Gasteiger partial charge in [-0.3, -0.25) is 19.3 Å². The number of fused-ring (bicyclic) bond motifs is 2. The highest BCUT2D eigenvalue weighted by atomic mass is 16.3. The molecule has 1 atom stereocenters. The molecule has 0 radical (unpaired) electrons.